The minimum atomic E-state index is 0.558. The van der Waals surface area contributed by atoms with Gasteiger partial charge in [-0.15, -0.1) is 0 Å². The number of aromatic nitrogens is 3. The predicted octanol–water partition coefficient (Wildman–Crippen LogP) is 2.12. The number of hydrogen-bond acceptors (Lipinski definition) is 4. The molecular weight excluding hydrogens is 250 g/mol. The van der Waals surface area contributed by atoms with Gasteiger partial charge in [0, 0.05) is 18.5 Å². The van der Waals surface area contributed by atoms with E-state index in [2.05, 4.69) is 39.5 Å². The molecule has 0 spiro atoms. The fraction of sp³-hybridized carbons (Fsp3) is 0.333. The second-order valence-corrected chi connectivity index (χ2v) is 5.03. The van der Waals surface area contributed by atoms with Crippen LogP contribution in [0.4, 0.5) is 5.95 Å². The number of anilines is 1. The summed E-state index contributed by atoms with van der Waals surface area (Å²) in [5.41, 5.74) is 9.00. The number of nitrogens with zero attached hydrogens (tertiary/aromatic N) is 4. The van der Waals surface area contributed by atoms with Crippen LogP contribution in [0.3, 0.4) is 0 Å². The van der Waals surface area contributed by atoms with Gasteiger partial charge < -0.3 is 15.2 Å². The molecule has 0 aliphatic rings. The maximum atomic E-state index is 6.08. The molecule has 0 aliphatic heterocycles. The number of pyridine rings is 1. The standard InChI is InChI=1S/C15H19N5/c1-3-19(2)8-9-20-14-11-6-4-5-7-12(11)17-10-13(14)18-15(20)16/h4-7,10H,3,8-9H2,1-2H3,(H2,16,18). The zero-order chi connectivity index (χ0) is 14.1. The second kappa shape index (κ2) is 5.09. The van der Waals surface area contributed by atoms with Crippen molar-refractivity contribution in [2.24, 2.45) is 0 Å². The number of imidazole rings is 1. The van der Waals surface area contributed by atoms with Crippen LogP contribution in [-0.2, 0) is 6.54 Å². The van der Waals surface area contributed by atoms with Gasteiger partial charge in [0.15, 0.2) is 0 Å². The van der Waals surface area contributed by atoms with Crippen molar-refractivity contribution in [3.8, 4) is 0 Å². The van der Waals surface area contributed by atoms with Crippen molar-refractivity contribution in [2.75, 3.05) is 25.9 Å². The van der Waals surface area contributed by atoms with Gasteiger partial charge in [0.2, 0.25) is 5.95 Å². The number of nitrogen functional groups attached to an aromatic ring is 1. The number of hydrogen-bond donors (Lipinski definition) is 1. The van der Waals surface area contributed by atoms with Crippen molar-refractivity contribution in [3.05, 3.63) is 30.5 Å². The molecule has 0 atom stereocenters. The summed E-state index contributed by atoms with van der Waals surface area (Å²) in [4.78, 5) is 11.1. The third kappa shape index (κ3) is 2.10. The Morgan fingerprint density at radius 1 is 1.25 bits per heavy atom. The number of likely N-dealkylation sites (N-methyl/N-ethyl adjacent to an activating group) is 1. The third-order valence-corrected chi connectivity index (χ3v) is 3.75. The molecular formula is C15H19N5. The van der Waals surface area contributed by atoms with Gasteiger partial charge in [-0.3, -0.25) is 4.98 Å². The summed E-state index contributed by atoms with van der Waals surface area (Å²) >= 11 is 0. The summed E-state index contributed by atoms with van der Waals surface area (Å²) in [5.74, 6) is 0.558. The first kappa shape index (κ1) is 12.9. The van der Waals surface area contributed by atoms with Gasteiger partial charge in [-0.2, -0.15) is 0 Å². The first-order chi connectivity index (χ1) is 9.70. The van der Waals surface area contributed by atoms with E-state index in [9.17, 15) is 0 Å². The van der Waals surface area contributed by atoms with Crippen molar-refractivity contribution in [1.82, 2.24) is 19.4 Å². The number of rotatable bonds is 4. The minimum absolute atomic E-state index is 0.558. The Labute approximate surface area is 118 Å². The fourth-order valence-corrected chi connectivity index (χ4v) is 2.44. The Morgan fingerprint density at radius 2 is 2.05 bits per heavy atom. The Morgan fingerprint density at radius 3 is 2.85 bits per heavy atom. The molecule has 0 bridgehead atoms. The van der Waals surface area contributed by atoms with E-state index < -0.39 is 0 Å². The van der Waals surface area contributed by atoms with Gasteiger partial charge >= 0.3 is 0 Å². The number of fused-ring (bicyclic) bond motifs is 3. The monoisotopic (exact) mass is 269 g/mol. The Balaban J connectivity index is 2.14. The Hall–Kier alpha value is -2.14. The normalized spacial score (nSPS) is 11.8. The van der Waals surface area contributed by atoms with Crippen LogP contribution >= 0.6 is 0 Å². The summed E-state index contributed by atoms with van der Waals surface area (Å²) in [7, 11) is 2.11. The number of para-hydroxylation sites is 1. The van der Waals surface area contributed by atoms with Crippen LogP contribution in [0.25, 0.3) is 21.9 Å². The maximum Gasteiger partial charge on any atom is 0.201 e. The zero-order valence-electron chi connectivity index (χ0n) is 11.9. The smallest absolute Gasteiger partial charge is 0.201 e. The molecule has 0 amide bonds. The van der Waals surface area contributed by atoms with Crippen LogP contribution in [0.2, 0.25) is 0 Å². The lowest BCUT2D eigenvalue weighted by atomic mass is 10.2. The topological polar surface area (TPSA) is 60.0 Å². The van der Waals surface area contributed by atoms with Gasteiger partial charge in [-0.05, 0) is 19.7 Å². The predicted molar refractivity (Wildman–Crippen MR) is 82.6 cm³/mol. The molecule has 0 fully saturated rings. The summed E-state index contributed by atoms with van der Waals surface area (Å²) in [6.45, 7) is 4.95. The van der Waals surface area contributed by atoms with Gasteiger partial charge in [0.25, 0.3) is 0 Å². The lowest BCUT2D eigenvalue weighted by Crippen LogP contribution is -2.23. The molecule has 2 aromatic heterocycles. The van der Waals surface area contributed by atoms with E-state index in [-0.39, 0.29) is 0 Å². The lowest BCUT2D eigenvalue weighted by Gasteiger charge is -2.15. The summed E-state index contributed by atoms with van der Waals surface area (Å²) in [6, 6.07) is 8.11. The van der Waals surface area contributed by atoms with Crippen molar-refractivity contribution in [3.63, 3.8) is 0 Å². The van der Waals surface area contributed by atoms with Crippen molar-refractivity contribution in [2.45, 2.75) is 13.5 Å². The molecule has 0 radical (unpaired) electrons. The first-order valence-corrected chi connectivity index (χ1v) is 6.88. The highest BCUT2D eigenvalue weighted by atomic mass is 15.2. The molecule has 2 N–H and O–H groups in total. The van der Waals surface area contributed by atoms with E-state index in [1.54, 1.807) is 6.20 Å². The quantitative estimate of drug-likeness (QED) is 0.788. The van der Waals surface area contributed by atoms with E-state index in [1.165, 1.54) is 0 Å². The highest BCUT2D eigenvalue weighted by Crippen LogP contribution is 2.25. The number of benzene rings is 1. The van der Waals surface area contributed by atoms with E-state index in [0.717, 1.165) is 41.6 Å². The maximum absolute atomic E-state index is 6.08. The van der Waals surface area contributed by atoms with Crippen molar-refractivity contribution in [1.29, 1.82) is 0 Å². The van der Waals surface area contributed by atoms with Crippen LogP contribution in [0.15, 0.2) is 30.5 Å². The van der Waals surface area contributed by atoms with E-state index >= 15 is 0 Å². The molecule has 5 nitrogen and oxygen atoms in total. The van der Waals surface area contributed by atoms with Gasteiger partial charge in [-0.25, -0.2) is 4.98 Å². The molecule has 5 heteroatoms. The summed E-state index contributed by atoms with van der Waals surface area (Å²) in [6.07, 6.45) is 1.80. The van der Waals surface area contributed by atoms with Crippen molar-refractivity contribution >= 4 is 27.9 Å². The molecule has 0 unspecified atom stereocenters. The summed E-state index contributed by atoms with van der Waals surface area (Å²) in [5, 5.41) is 1.10. The minimum Gasteiger partial charge on any atom is -0.369 e. The molecule has 1 aromatic carbocycles. The van der Waals surface area contributed by atoms with Gasteiger partial charge in [0.05, 0.1) is 17.2 Å². The van der Waals surface area contributed by atoms with Gasteiger partial charge in [-0.1, -0.05) is 25.1 Å². The van der Waals surface area contributed by atoms with Crippen LogP contribution < -0.4 is 5.73 Å². The molecule has 20 heavy (non-hydrogen) atoms. The summed E-state index contributed by atoms with van der Waals surface area (Å²) < 4.78 is 2.09. The lowest BCUT2D eigenvalue weighted by molar-refractivity contribution is 0.338. The van der Waals surface area contributed by atoms with E-state index in [4.69, 9.17) is 5.73 Å². The van der Waals surface area contributed by atoms with E-state index in [1.807, 2.05) is 18.2 Å². The molecule has 3 aromatic rings. The SMILES string of the molecule is CCN(C)CCn1c(N)nc2cnc3ccccc3c21. The van der Waals surface area contributed by atoms with Crippen LogP contribution in [0, 0.1) is 0 Å². The number of nitrogens with two attached hydrogens (primary N) is 1. The first-order valence-electron chi connectivity index (χ1n) is 6.88. The van der Waals surface area contributed by atoms with Gasteiger partial charge in [0.1, 0.15) is 5.52 Å². The molecule has 2 heterocycles. The Bertz CT molecular complexity index is 746. The molecule has 0 aliphatic carbocycles. The largest absolute Gasteiger partial charge is 0.369 e. The van der Waals surface area contributed by atoms with Crippen molar-refractivity contribution < 1.29 is 0 Å². The highest BCUT2D eigenvalue weighted by molar-refractivity contribution is 6.02. The molecule has 3 rings (SSSR count). The fourth-order valence-electron chi connectivity index (χ4n) is 2.44. The zero-order valence-corrected chi connectivity index (χ0v) is 11.9. The average Bonchev–Trinajstić information content (AvgIpc) is 2.80. The third-order valence-electron chi connectivity index (χ3n) is 3.75. The Kier molecular flexibility index (Phi) is 3.28. The van der Waals surface area contributed by atoms with Crippen LogP contribution in [-0.4, -0.2) is 39.6 Å². The highest BCUT2D eigenvalue weighted by Gasteiger charge is 2.12. The van der Waals surface area contributed by atoms with Crippen LogP contribution in [0.1, 0.15) is 6.92 Å². The average molecular weight is 269 g/mol. The molecule has 0 saturated heterocycles. The second-order valence-electron chi connectivity index (χ2n) is 5.03. The molecule has 0 saturated carbocycles. The van der Waals surface area contributed by atoms with E-state index in [0.29, 0.717) is 5.95 Å². The molecule has 104 valence electrons. The van der Waals surface area contributed by atoms with Crippen LogP contribution in [0.5, 0.6) is 0 Å².